The number of carbonyl (C=O) groups is 1. The van der Waals surface area contributed by atoms with E-state index in [2.05, 4.69) is 36.2 Å². The fraction of sp³-hybridized carbons (Fsp3) is 0.375. The highest BCUT2D eigenvalue weighted by molar-refractivity contribution is 7.99. The molecule has 21 heavy (non-hydrogen) atoms. The van der Waals surface area contributed by atoms with Crippen LogP contribution in [0.3, 0.4) is 0 Å². The summed E-state index contributed by atoms with van der Waals surface area (Å²) in [5.74, 6) is 0.00372. The number of carboxylic acid groups (broad SMARTS) is 1. The molecule has 0 fully saturated rings. The van der Waals surface area contributed by atoms with Crippen molar-refractivity contribution in [2.24, 2.45) is 5.92 Å². The lowest BCUT2D eigenvalue weighted by Gasteiger charge is -2.14. The molecule has 1 aromatic carbocycles. The van der Waals surface area contributed by atoms with Gasteiger partial charge in [0.1, 0.15) is 10.3 Å². The summed E-state index contributed by atoms with van der Waals surface area (Å²) in [5, 5.41) is 11.8. The number of rotatable bonds is 6. The number of benzene rings is 1. The molecule has 1 unspecified atom stereocenters. The van der Waals surface area contributed by atoms with Crippen molar-refractivity contribution in [1.29, 1.82) is 0 Å². The Balaban J connectivity index is 2.03. The van der Waals surface area contributed by atoms with Crippen LogP contribution in [-0.2, 0) is 10.5 Å². The minimum Gasteiger partial charge on any atom is -0.480 e. The van der Waals surface area contributed by atoms with Gasteiger partial charge in [-0.05, 0) is 12.8 Å². The zero-order valence-electron chi connectivity index (χ0n) is 12.4. The Hall–Kier alpha value is -1.33. The van der Waals surface area contributed by atoms with Crippen molar-refractivity contribution in [3.63, 3.8) is 0 Å². The topological polar surface area (TPSA) is 50.2 Å². The molecule has 0 saturated heterocycles. The van der Waals surface area contributed by atoms with Crippen molar-refractivity contribution in [2.75, 3.05) is 0 Å². The van der Waals surface area contributed by atoms with E-state index in [1.807, 2.05) is 19.2 Å². The van der Waals surface area contributed by atoms with Gasteiger partial charge in [0, 0.05) is 16.7 Å². The predicted octanol–water partition coefficient (Wildman–Crippen LogP) is 4.46. The zero-order valence-corrected chi connectivity index (χ0v) is 14.0. The monoisotopic (exact) mass is 321 g/mol. The second kappa shape index (κ2) is 7.09. The first-order chi connectivity index (χ1) is 9.97. The Kier molecular flexibility index (Phi) is 5.42. The van der Waals surface area contributed by atoms with Crippen LogP contribution in [0.15, 0.2) is 29.6 Å². The second-order valence-electron chi connectivity index (χ2n) is 5.32. The van der Waals surface area contributed by atoms with Gasteiger partial charge in [0.2, 0.25) is 0 Å². The largest absolute Gasteiger partial charge is 0.480 e. The van der Waals surface area contributed by atoms with E-state index in [1.54, 1.807) is 11.3 Å². The molecule has 5 heteroatoms. The van der Waals surface area contributed by atoms with Crippen molar-refractivity contribution in [2.45, 2.75) is 31.8 Å². The molecule has 0 saturated carbocycles. The average Bonchev–Trinajstić information content (AvgIpc) is 2.87. The molecule has 1 atom stereocenters. The number of aliphatic carboxylic acids is 1. The summed E-state index contributed by atoms with van der Waals surface area (Å²) in [5.41, 5.74) is 3.29. The summed E-state index contributed by atoms with van der Waals surface area (Å²) in [4.78, 5) is 15.8. The van der Waals surface area contributed by atoms with E-state index in [0.29, 0.717) is 5.75 Å². The third-order valence-corrected chi connectivity index (χ3v) is 5.62. The molecule has 3 nitrogen and oxygen atoms in total. The number of aryl methyl sites for hydroxylation is 1. The number of thioether (sulfide) groups is 1. The SMILES string of the molecule is Cc1ccc(-c2nc(CSC(C(=O)O)C(C)C)cs2)cc1. The first-order valence-corrected chi connectivity index (χ1v) is 8.76. The van der Waals surface area contributed by atoms with Crippen LogP contribution in [0.2, 0.25) is 0 Å². The standard InChI is InChI=1S/C16H19NO2S2/c1-10(2)14(16(18)19)20-8-13-9-21-15(17-13)12-6-4-11(3)5-7-12/h4-7,9-10,14H,8H2,1-3H3,(H,18,19). The lowest BCUT2D eigenvalue weighted by Crippen LogP contribution is -2.22. The molecular weight excluding hydrogens is 302 g/mol. The molecule has 112 valence electrons. The third kappa shape index (κ3) is 4.32. The molecule has 1 aromatic heterocycles. The van der Waals surface area contributed by atoms with Crippen LogP contribution in [0.1, 0.15) is 25.1 Å². The van der Waals surface area contributed by atoms with E-state index in [1.165, 1.54) is 17.3 Å². The molecule has 0 amide bonds. The van der Waals surface area contributed by atoms with E-state index in [0.717, 1.165) is 16.3 Å². The fourth-order valence-corrected chi connectivity index (χ4v) is 3.88. The van der Waals surface area contributed by atoms with Crippen molar-refractivity contribution in [1.82, 2.24) is 4.98 Å². The van der Waals surface area contributed by atoms with Crippen LogP contribution in [0.25, 0.3) is 10.6 Å². The van der Waals surface area contributed by atoms with Crippen molar-refractivity contribution in [3.8, 4) is 10.6 Å². The van der Waals surface area contributed by atoms with Gasteiger partial charge in [0.25, 0.3) is 0 Å². The van der Waals surface area contributed by atoms with Gasteiger partial charge in [-0.15, -0.1) is 23.1 Å². The van der Waals surface area contributed by atoms with Crippen LogP contribution < -0.4 is 0 Å². The first kappa shape index (κ1) is 16.0. The molecule has 0 radical (unpaired) electrons. The van der Waals surface area contributed by atoms with Gasteiger partial charge in [0.05, 0.1) is 5.69 Å². The smallest absolute Gasteiger partial charge is 0.316 e. The van der Waals surface area contributed by atoms with Crippen LogP contribution >= 0.6 is 23.1 Å². The van der Waals surface area contributed by atoms with Gasteiger partial charge < -0.3 is 5.11 Å². The highest BCUT2D eigenvalue weighted by Gasteiger charge is 2.22. The highest BCUT2D eigenvalue weighted by Crippen LogP contribution is 2.28. The van der Waals surface area contributed by atoms with E-state index < -0.39 is 5.97 Å². The minimum atomic E-state index is -0.746. The lowest BCUT2D eigenvalue weighted by molar-refractivity contribution is -0.137. The summed E-state index contributed by atoms with van der Waals surface area (Å²) in [6.45, 7) is 5.93. The first-order valence-electron chi connectivity index (χ1n) is 6.83. The average molecular weight is 321 g/mol. The molecule has 0 bridgehead atoms. The minimum absolute atomic E-state index is 0.114. The van der Waals surface area contributed by atoms with E-state index in [4.69, 9.17) is 0 Å². The maximum atomic E-state index is 11.2. The Morgan fingerprint density at radius 2 is 2.00 bits per heavy atom. The van der Waals surface area contributed by atoms with Gasteiger partial charge in [-0.1, -0.05) is 43.7 Å². The quantitative estimate of drug-likeness (QED) is 0.853. The summed E-state index contributed by atoms with van der Waals surface area (Å²) < 4.78 is 0. The predicted molar refractivity (Wildman–Crippen MR) is 89.8 cm³/mol. The van der Waals surface area contributed by atoms with Crippen molar-refractivity contribution in [3.05, 3.63) is 40.9 Å². The second-order valence-corrected chi connectivity index (χ2v) is 7.31. The van der Waals surface area contributed by atoms with Gasteiger partial charge >= 0.3 is 5.97 Å². The number of hydrogen-bond acceptors (Lipinski definition) is 4. The normalized spacial score (nSPS) is 12.6. The van der Waals surface area contributed by atoms with Gasteiger partial charge in [0.15, 0.2) is 0 Å². The van der Waals surface area contributed by atoms with E-state index in [9.17, 15) is 9.90 Å². The maximum Gasteiger partial charge on any atom is 0.316 e. The highest BCUT2D eigenvalue weighted by atomic mass is 32.2. The summed E-state index contributed by atoms with van der Waals surface area (Å²) in [7, 11) is 0. The van der Waals surface area contributed by atoms with Crippen LogP contribution in [0, 0.1) is 12.8 Å². The molecule has 0 spiro atoms. The summed E-state index contributed by atoms with van der Waals surface area (Å²) in [6.07, 6.45) is 0. The Bertz CT molecular complexity index is 605. The van der Waals surface area contributed by atoms with Gasteiger partial charge in [-0.3, -0.25) is 4.79 Å². The zero-order chi connectivity index (χ0) is 15.4. The lowest BCUT2D eigenvalue weighted by atomic mass is 10.1. The number of carboxylic acids is 1. The summed E-state index contributed by atoms with van der Waals surface area (Å²) >= 11 is 3.05. The molecule has 1 N–H and O–H groups in total. The van der Waals surface area contributed by atoms with E-state index >= 15 is 0 Å². The molecule has 0 aliphatic carbocycles. The Morgan fingerprint density at radius 1 is 1.33 bits per heavy atom. The van der Waals surface area contributed by atoms with Gasteiger partial charge in [-0.2, -0.15) is 0 Å². The third-order valence-electron chi connectivity index (χ3n) is 3.11. The molecule has 1 heterocycles. The maximum absolute atomic E-state index is 11.2. The van der Waals surface area contributed by atoms with Gasteiger partial charge in [-0.25, -0.2) is 4.98 Å². The van der Waals surface area contributed by atoms with E-state index in [-0.39, 0.29) is 11.2 Å². The van der Waals surface area contributed by atoms with Crippen LogP contribution in [-0.4, -0.2) is 21.3 Å². The number of thiazole rings is 1. The number of nitrogens with zero attached hydrogens (tertiary/aromatic N) is 1. The molecule has 2 aromatic rings. The molecule has 0 aliphatic rings. The molecule has 2 rings (SSSR count). The summed E-state index contributed by atoms with van der Waals surface area (Å²) in [6, 6.07) is 8.28. The Labute approximate surface area is 133 Å². The van der Waals surface area contributed by atoms with Crippen molar-refractivity contribution < 1.29 is 9.90 Å². The number of aromatic nitrogens is 1. The van der Waals surface area contributed by atoms with Crippen molar-refractivity contribution >= 4 is 29.1 Å². The van der Waals surface area contributed by atoms with Crippen LogP contribution in [0.4, 0.5) is 0 Å². The molecule has 0 aliphatic heterocycles. The van der Waals surface area contributed by atoms with Crippen LogP contribution in [0.5, 0.6) is 0 Å². The Morgan fingerprint density at radius 3 is 2.57 bits per heavy atom. The fourth-order valence-electron chi connectivity index (χ4n) is 1.93. The molecular formula is C16H19NO2S2. The number of hydrogen-bond donors (Lipinski definition) is 1.